The minimum absolute atomic E-state index is 0.0760. The molecule has 3 nitrogen and oxygen atoms in total. The SMILES string of the molecule is CNC(COC(C)(C)C)Cc1ccncc1. The number of ether oxygens (including phenoxy) is 1. The summed E-state index contributed by atoms with van der Waals surface area (Å²) in [5, 5.41) is 3.28. The minimum atomic E-state index is -0.0760. The first kappa shape index (κ1) is 13.1. The molecule has 0 amide bonds. The van der Waals surface area contributed by atoms with Crippen molar-refractivity contribution in [2.75, 3.05) is 13.7 Å². The molecule has 3 heteroatoms. The molecule has 0 fully saturated rings. The molecule has 0 aromatic carbocycles. The van der Waals surface area contributed by atoms with E-state index in [1.165, 1.54) is 5.56 Å². The van der Waals surface area contributed by atoms with Gasteiger partial charge in [0.2, 0.25) is 0 Å². The van der Waals surface area contributed by atoms with E-state index in [-0.39, 0.29) is 5.60 Å². The van der Waals surface area contributed by atoms with Gasteiger partial charge in [-0.05, 0) is 51.9 Å². The van der Waals surface area contributed by atoms with E-state index < -0.39 is 0 Å². The van der Waals surface area contributed by atoms with Gasteiger partial charge in [0, 0.05) is 18.4 Å². The van der Waals surface area contributed by atoms with Gasteiger partial charge in [-0.2, -0.15) is 0 Å². The molecule has 0 bridgehead atoms. The number of nitrogens with one attached hydrogen (secondary N) is 1. The van der Waals surface area contributed by atoms with Crippen LogP contribution >= 0.6 is 0 Å². The number of hydrogen-bond acceptors (Lipinski definition) is 3. The van der Waals surface area contributed by atoms with E-state index in [0.717, 1.165) is 13.0 Å². The van der Waals surface area contributed by atoms with Crippen LogP contribution in [-0.4, -0.2) is 30.3 Å². The number of aromatic nitrogens is 1. The summed E-state index contributed by atoms with van der Waals surface area (Å²) in [6, 6.07) is 4.43. The lowest BCUT2D eigenvalue weighted by Crippen LogP contribution is -2.36. The highest BCUT2D eigenvalue weighted by Gasteiger charge is 2.14. The summed E-state index contributed by atoms with van der Waals surface area (Å²) < 4.78 is 5.78. The Morgan fingerprint density at radius 3 is 2.44 bits per heavy atom. The number of pyridine rings is 1. The van der Waals surface area contributed by atoms with Crippen molar-refractivity contribution in [2.45, 2.75) is 38.8 Å². The smallest absolute Gasteiger partial charge is 0.0629 e. The first-order chi connectivity index (χ1) is 7.51. The van der Waals surface area contributed by atoms with Gasteiger partial charge >= 0.3 is 0 Å². The number of rotatable bonds is 5. The molecule has 0 saturated heterocycles. The highest BCUT2D eigenvalue weighted by atomic mass is 16.5. The van der Waals surface area contributed by atoms with Crippen molar-refractivity contribution < 1.29 is 4.74 Å². The second-order valence-electron chi connectivity index (χ2n) is 4.97. The zero-order valence-electron chi connectivity index (χ0n) is 10.7. The summed E-state index contributed by atoms with van der Waals surface area (Å²) in [5.41, 5.74) is 1.21. The maximum absolute atomic E-state index is 5.78. The summed E-state index contributed by atoms with van der Waals surface area (Å²) in [6.07, 6.45) is 4.62. The Hall–Kier alpha value is -0.930. The average Bonchev–Trinajstić information content (AvgIpc) is 2.24. The molecule has 1 atom stereocenters. The van der Waals surface area contributed by atoms with E-state index in [9.17, 15) is 0 Å². The van der Waals surface area contributed by atoms with Crippen LogP contribution in [0.25, 0.3) is 0 Å². The van der Waals surface area contributed by atoms with Crippen LogP contribution in [-0.2, 0) is 11.2 Å². The normalized spacial score (nSPS) is 13.8. The lowest BCUT2D eigenvalue weighted by Gasteiger charge is -2.24. The van der Waals surface area contributed by atoms with Gasteiger partial charge in [0.1, 0.15) is 0 Å². The van der Waals surface area contributed by atoms with Crippen LogP contribution in [0.2, 0.25) is 0 Å². The van der Waals surface area contributed by atoms with Gasteiger partial charge in [-0.15, -0.1) is 0 Å². The third-order valence-corrected chi connectivity index (χ3v) is 2.36. The fourth-order valence-corrected chi connectivity index (χ4v) is 1.40. The first-order valence-corrected chi connectivity index (χ1v) is 5.71. The van der Waals surface area contributed by atoms with Gasteiger partial charge in [-0.3, -0.25) is 4.98 Å². The predicted octanol–water partition coefficient (Wildman–Crippen LogP) is 2.03. The van der Waals surface area contributed by atoms with Gasteiger partial charge in [0.15, 0.2) is 0 Å². The Bertz CT molecular complexity index is 293. The van der Waals surface area contributed by atoms with Gasteiger partial charge in [0.05, 0.1) is 12.2 Å². The monoisotopic (exact) mass is 222 g/mol. The molecule has 1 aromatic rings. The van der Waals surface area contributed by atoms with Crippen LogP contribution in [0, 0.1) is 0 Å². The first-order valence-electron chi connectivity index (χ1n) is 5.71. The largest absolute Gasteiger partial charge is 0.374 e. The van der Waals surface area contributed by atoms with Crippen LogP contribution in [0.4, 0.5) is 0 Å². The molecule has 0 aliphatic heterocycles. The lowest BCUT2D eigenvalue weighted by molar-refractivity contribution is -0.0134. The van der Waals surface area contributed by atoms with Gasteiger partial charge in [0.25, 0.3) is 0 Å². The maximum Gasteiger partial charge on any atom is 0.0629 e. The van der Waals surface area contributed by atoms with Crippen molar-refractivity contribution in [1.29, 1.82) is 0 Å². The van der Waals surface area contributed by atoms with Crippen molar-refractivity contribution >= 4 is 0 Å². The summed E-state index contributed by atoms with van der Waals surface area (Å²) in [6.45, 7) is 6.95. The van der Waals surface area contributed by atoms with Gasteiger partial charge in [-0.1, -0.05) is 0 Å². The predicted molar refractivity (Wildman–Crippen MR) is 66.5 cm³/mol. The lowest BCUT2D eigenvalue weighted by atomic mass is 10.1. The molecule has 1 unspecified atom stereocenters. The Kier molecular flexibility index (Phi) is 4.90. The van der Waals surface area contributed by atoms with Gasteiger partial charge < -0.3 is 10.1 Å². The molecule has 1 aromatic heterocycles. The van der Waals surface area contributed by atoms with E-state index in [2.05, 4.69) is 31.1 Å². The van der Waals surface area contributed by atoms with Crippen molar-refractivity contribution in [1.82, 2.24) is 10.3 Å². The Morgan fingerprint density at radius 2 is 1.94 bits per heavy atom. The molecule has 0 radical (unpaired) electrons. The molecule has 1 rings (SSSR count). The minimum Gasteiger partial charge on any atom is -0.374 e. The number of hydrogen-bond donors (Lipinski definition) is 1. The molecule has 1 heterocycles. The quantitative estimate of drug-likeness (QED) is 0.827. The molecule has 1 N–H and O–H groups in total. The highest BCUT2D eigenvalue weighted by Crippen LogP contribution is 2.09. The summed E-state index contributed by atoms with van der Waals surface area (Å²) in [5.74, 6) is 0. The van der Waals surface area contributed by atoms with Gasteiger partial charge in [-0.25, -0.2) is 0 Å². The second kappa shape index (κ2) is 5.97. The molecule has 16 heavy (non-hydrogen) atoms. The number of nitrogens with zero attached hydrogens (tertiary/aromatic N) is 1. The van der Waals surface area contributed by atoms with Crippen molar-refractivity contribution in [3.63, 3.8) is 0 Å². The molecule has 0 aliphatic carbocycles. The summed E-state index contributed by atoms with van der Waals surface area (Å²) >= 11 is 0. The molecule has 0 spiro atoms. The Labute approximate surface area is 98.2 Å². The van der Waals surface area contributed by atoms with E-state index >= 15 is 0 Å². The fraction of sp³-hybridized carbons (Fsp3) is 0.615. The number of likely N-dealkylation sites (N-methyl/N-ethyl adjacent to an activating group) is 1. The van der Waals surface area contributed by atoms with Crippen LogP contribution < -0.4 is 5.32 Å². The van der Waals surface area contributed by atoms with Crippen LogP contribution in [0.3, 0.4) is 0 Å². The fourth-order valence-electron chi connectivity index (χ4n) is 1.40. The highest BCUT2D eigenvalue weighted by molar-refractivity contribution is 5.11. The second-order valence-corrected chi connectivity index (χ2v) is 4.97. The van der Waals surface area contributed by atoms with E-state index in [0.29, 0.717) is 6.04 Å². The molecule has 0 aliphatic rings. The summed E-state index contributed by atoms with van der Waals surface area (Å²) in [4.78, 5) is 4.01. The molecular weight excluding hydrogens is 200 g/mol. The van der Waals surface area contributed by atoms with Crippen molar-refractivity contribution in [3.8, 4) is 0 Å². The van der Waals surface area contributed by atoms with Crippen LogP contribution in [0.1, 0.15) is 26.3 Å². The topological polar surface area (TPSA) is 34.1 Å². The Balaban J connectivity index is 2.44. The van der Waals surface area contributed by atoms with Crippen molar-refractivity contribution in [3.05, 3.63) is 30.1 Å². The Morgan fingerprint density at radius 1 is 1.31 bits per heavy atom. The maximum atomic E-state index is 5.78. The molecule has 90 valence electrons. The standard InChI is InChI=1S/C13H22N2O/c1-13(2,3)16-10-12(14-4)9-11-5-7-15-8-6-11/h5-8,12,14H,9-10H2,1-4H3. The van der Waals surface area contributed by atoms with E-state index in [4.69, 9.17) is 4.74 Å². The third kappa shape index (κ3) is 5.24. The van der Waals surface area contributed by atoms with Crippen LogP contribution in [0.15, 0.2) is 24.5 Å². The zero-order valence-corrected chi connectivity index (χ0v) is 10.7. The summed E-state index contributed by atoms with van der Waals surface area (Å²) in [7, 11) is 1.97. The van der Waals surface area contributed by atoms with Crippen LogP contribution in [0.5, 0.6) is 0 Å². The molecular formula is C13H22N2O. The average molecular weight is 222 g/mol. The molecule has 0 saturated carbocycles. The third-order valence-electron chi connectivity index (χ3n) is 2.36. The van der Waals surface area contributed by atoms with Crippen molar-refractivity contribution in [2.24, 2.45) is 0 Å². The van der Waals surface area contributed by atoms with E-state index in [1.54, 1.807) is 0 Å². The zero-order chi connectivity index (χ0) is 12.0. The van der Waals surface area contributed by atoms with E-state index in [1.807, 2.05) is 31.6 Å².